The number of hydrogen-bond acceptors (Lipinski definition) is 3. The molecule has 1 aromatic heterocycles. The number of carbonyl (C=O) groups is 1. The second-order valence-electron chi connectivity index (χ2n) is 6.96. The van der Waals surface area contributed by atoms with Gasteiger partial charge in [0.05, 0.1) is 23.0 Å². The molecule has 1 heterocycles. The van der Waals surface area contributed by atoms with E-state index in [0.717, 1.165) is 5.56 Å². The summed E-state index contributed by atoms with van der Waals surface area (Å²) in [6.07, 6.45) is 3.01. The van der Waals surface area contributed by atoms with Crippen LogP contribution in [-0.4, -0.2) is 20.7 Å². The van der Waals surface area contributed by atoms with Crippen molar-refractivity contribution in [3.63, 3.8) is 0 Å². The largest absolute Gasteiger partial charge is 0.507 e. The van der Waals surface area contributed by atoms with Gasteiger partial charge in [-0.3, -0.25) is 4.79 Å². The van der Waals surface area contributed by atoms with Crippen LogP contribution >= 0.6 is 0 Å². The lowest BCUT2D eigenvalue weighted by molar-refractivity contribution is 0.103. The van der Waals surface area contributed by atoms with E-state index in [1.807, 2.05) is 26.8 Å². The Bertz CT molecular complexity index is 922. The van der Waals surface area contributed by atoms with Crippen LogP contribution in [-0.2, 0) is 5.41 Å². The van der Waals surface area contributed by atoms with Crippen LogP contribution in [0.4, 0.5) is 4.39 Å². The summed E-state index contributed by atoms with van der Waals surface area (Å²) in [5, 5.41) is 14.3. The lowest BCUT2D eigenvalue weighted by Gasteiger charge is -2.20. The molecular weight excluding hydrogens is 319 g/mol. The van der Waals surface area contributed by atoms with Gasteiger partial charge in [0.15, 0.2) is 5.78 Å². The Labute approximate surface area is 145 Å². The first kappa shape index (κ1) is 16.9. The van der Waals surface area contributed by atoms with Gasteiger partial charge in [0.25, 0.3) is 0 Å². The first-order chi connectivity index (χ1) is 11.8. The van der Waals surface area contributed by atoms with Gasteiger partial charge >= 0.3 is 0 Å². The zero-order valence-electron chi connectivity index (χ0n) is 14.3. The van der Waals surface area contributed by atoms with Crippen molar-refractivity contribution in [2.45, 2.75) is 26.2 Å². The molecule has 2 aromatic carbocycles. The normalized spacial score (nSPS) is 11.5. The minimum absolute atomic E-state index is 0.0625. The Kier molecular flexibility index (Phi) is 4.17. The molecule has 0 atom stereocenters. The van der Waals surface area contributed by atoms with Gasteiger partial charge in [-0.05, 0) is 47.4 Å². The monoisotopic (exact) mass is 338 g/mol. The third-order valence-corrected chi connectivity index (χ3v) is 4.04. The van der Waals surface area contributed by atoms with E-state index in [2.05, 4.69) is 5.10 Å². The zero-order chi connectivity index (χ0) is 18.2. The molecule has 0 fully saturated rings. The topological polar surface area (TPSA) is 55.1 Å². The third-order valence-electron chi connectivity index (χ3n) is 4.04. The zero-order valence-corrected chi connectivity index (χ0v) is 14.3. The number of nitrogens with zero attached hydrogens (tertiary/aromatic N) is 2. The summed E-state index contributed by atoms with van der Waals surface area (Å²) < 4.78 is 14.5. The van der Waals surface area contributed by atoms with Gasteiger partial charge in [0.1, 0.15) is 11.6 Å². The van der Waals surface area contributed by atoms with E-state index in [-0.39, 0.29) is 28.3 Å². The van der Waals surface area contributed by atoms with Crippen LogP contribution in [0, 0.1) is 5.82 Å². The number of aromatic hydroxyl groups is 1. The van der Waals surface area contributed by atoms with Gasteiger partial charge in [-0.25, -0.2) is 9.07 Å². The van der Waals surface area contributed by atoms with Crippen LogP contribution in [0.5, 0.6) is 5.75 Å². The number of carbonyl (C=O) groups excluding carboxylic acids is 1. The van der Waals surface area contributed by atoms with Gasteiger partial charge < -0.3 is 5.11 Å². The highest BCUT2D eigenvalue weighted by Gasteiger charge is 2.20. The fourth-order valence-corrected chi connectivity index (χ4v) is 2.52. The highest BCUT2D eigenvalue weighted by molar-refractivity contribution is 6.10. The number of ketones is 1. The van der Waals surface area contributed by atoms with E-state index in [0.29, 0.717) is 11.3 Å². The molecule has 5 heteroatoms. The van der Waals surface area contributed by atoms with Crippen LogP contribution in [0.15, 0.2) is 54.9 Å². The molecule has 0 saturated carbocycles. The second kappa shape index (κ2) is 6.16. The Morgan fingerprint density at radius 3 is 2.44 bits per heavy atom. The molecule has 1 N–H and O–H groups in total. The van der Waals surface area contributed by atoms with Gasteiger partial charge in [0, 0.05) is 6.20 Å². The summed E-state index contributed by atoms with van der Waals surface area (Å²) in [6, 6.07) is 10.9. The fourth-order valence-electron chi connectivity index (χ4n) is 2.52. The molecule has 0 saturated heterocycles. The third kappa shape index (κ3) is 3.45. The molecule has 0 aliphatic carbocycles. The van der Waals surface area contributed by atoms with E-state index in [1.165, 1.54) is 29.1 Å². The number of hydrogen-bond donors (Lipinski definition) is 1. The fraction of sp³-hybridized carbons (Fsp3) is 0.200. The SMILES string of the molecule is CC(C)(C)c1ccc(O)c(C(=O)c2cnn(-c3ccc(F)cc3)c2)c1. The number of halogens is 1. The van der Waals surface area contributed by atoms with Crippen molar-refractivity contribution >= 4 is 5.78 Å². The summed E-state index contributed by atoms with van der Waals surface area (Å²) in [4.78, 5) is 12.8. The molecule has 0 aliphatic rings. The van der Waals surface area contributed by atoms with Gasteiger partial charge in [-0.15, -0.1) is 0 Å². The van der Waals surface area contributed by atoms with Crippen molar-refractivity contribution in [2.75, 3.05) is 0 Å². The Hall–Kier alpha value is -2.95. The van der Waals surface area contributed by atoms with E-state index >= 15 is 0 Å². The maximum absolute atomic E-state index is 13.0. The maximum atomic E-state index is 13.0. The number of rotatable bonds is 3. The second-order valence-corrected chi connectivity index (χ2v) is 6.96. The van der Waals surface area contributed by atoms with Gasteiger partial charge in [-0.1, -0.05) is 26.8 Å². The molecule has 3 aromatic rings. The smallest absolute Gasteiger partial charge is 0.199 e. The lowest BCUT2D eigenvalue weighted by Crippen LogP contribution is -2.12. The first-order valence-corrected chi connectivity index (χ1v) is 7.94. The minimum Gasteiger partial charge on any atom is -0.507 e. The van der Waals surface area contributed by atoms with Crippen LogP contribution < -0.4 is 0 Å². The average Bonchev–Trinajstić information content (AvgIpc) is 3.04. The highest BCUT2D eigenvalue weighted by atomic mass is 19.1. The highest BCUT2D eigenvalue weighted by Crippen LogP contribution is 2.29. The van der Waals surface area contributed by atoms with Crippen LogP contribution in [0.1, 0.15) is 42.3 Å². The van der Waals surface area contributed by atoms with Crippen LogP contribution in [0.2, 0.25) is 0 Å². The average molecular weight is 338 g/mol. The molecule has 0 spiro atoms. The van der Waals surface area contributed by atoms with Gasteiger partial charge in [-0.2, -0.15) is 5.10 Å². The standard InChI is InChI=1S/C20H19FN2O2/c1-20(2,3)14-4-9-18(24)17(10-14)19(25)13-11-22-23(12-13)16-7-5-15(21)6-8-16/h4-12,24H,1-3H3. The molecule has 25 heavy (non-hydrogen) atoms. The van der Waals surface area contributed by atoms with Crippen molar-refractivity contribution in [3.05, 3.63) is 77.4 Å². The van der Waals surface area contributed by atoms with Crippen molar-refractivity contribution in [1.82, 2.24) is 9.78 Å². The molecule has 0 radical (unpaired) electrons. The Morgan fingerprint density at radius 2 is 1.80 bits per heavy atom. The van der Waals surface area contributed by atoms with Crippen LogP contribution in [0.3, 0.4) is 0 Å². The molecule has 0 aliphatic heterocycles. The molecular formula is C20H19FN2O2. The predicted molar refractivity (Wildman–Crippen MR) is 93.8 cm³/mol. The number of phenols is 1. The number of phenolic OH excluding ortho intramolecular Hbond substituents is 1. The molecule has 4 nitrogen and oxygen atoms in total. The first-order valence-electron chi connectivity index (χ1n) is 7.94. The van der Waals surface area contributed by atoms with Crippen molar-refractivity contribution in [3.8, 4) is 11.4 Å². The van der Waals surface area contributed by atoms with Crippen molar-refractivity contribution in [2.24, 2.45) is 0 Å². The molecule has 0 bridgehead atoms. The Balaban J connectivity index is 1.96. The van der Waals surface area contributed by atoms with Crippen LogP contribution in [0.25, 0.3) is 5.69 Å². The van der Waals surface area contributed by atoms with E-state index < -0.39 is 0 Å². The minimum atomic E-state index is -0.337. The predicted octanol–water partition coefficient (Wildman–Crippen LogP) is 4.25. The molecule has 3 rings (SSSR count). The van der Waals surface area contributed by atoms with E-state index in [1.54, 1.807) is 24.4 Å². The molecule has 128 valence electrons. The summed E-state index contributed by atoms with van der Waals surface area (Å²) in [5.41, 5.74) is 2.06. The Morgan fingerprint density at radius 1 is 1.12 bits per heavy atom. The quantitative estimate of drug-likeness (QED) is 0.727. The molecule has 0 unspecified atom stereocenters. The summed E-state index contributed by atoms with van der Waals surface area (Å²) >= 11 is 0. The lowest BCUT2D eigenvalue weighted by atomic mass is 9.85. The van der Waals surface area contributed by atoms with Crippen molar-refractivity contribution in [1.29, 1.82) is 0 Å². The van der Waals surface area contributed by atoms with Gasteiger partial charge in [0.2, 0.25) is 0 Å². The van der Waals surface area contributed by atoms with E-state index in [4.69, 9.17) is 0 Å². The summed E-state index contributed by atoms with van der Waals surface area (Å²) in [5.74, 6) is -0.708. The number of benzene rings is 2. The molecule has 0 amide bonds. The van der Waals surface area contributed by atoms with E-state index in [9.17, 15) is 14.3 Å². The summed E-state index contributed by atoms with van der Waals surface area (Å²) in [6.45, 7) is 6.13. The van der Waals surface area contributed by atoms with Crippen molar-refractivity contribution < 1.29 is 14.3 Å². The summed E-state index contributed by atoms with van der Waals surface area (Å²) in [7, 11) is 0. The maximum Gasteiger partial charge on any atom is 0.199 e. The number of aromatic nitrogens is 2.